The fourth-order valence-electron chi connectivity index (χ4n) is 3.10. The maximum Gasteiger partial charge on any atom is 0.411 e. The number of H-pyrrole nitrogens is 1. The monoisotopic (exact) mass is 420 g/mol. The second kappa shape index (κ2) is 8.70. The summed E-state index contributed by atoms with van der Waals surface area (Å²) in [5, 5.41) is 16.6. The summed E-state index contributed by atoms with van der Waals surface area (Å²) in [6, 6.07) is 14.4. The first-order chi connectivity index (χ1) is 15.0. The third-order valence-electron chi connectivity index (χ3n) is 4.63. The predicted octanol–water partition coefficient (Wildman–Crippen LogP) is 5.02. The van der Waals surface area contributed by atoms with Gasteiger partial charge in [0.1, 0.15) is 5.69 Å². The number of halogens is 1. The fourth-order valence-corrected chi connectivity index (χ4v) is 3.10. The van der Waals surface area contributed by atoms with Crippen molar-refractivity contribution in [3.05, 3.63) is 72.3 Å². The minimum atomic E-state index is -0.524. The first kappa shape index (κ1) is 20.1. The number of aromatic nitrogens is 4. The van der Waals surface area contributed by atoms with Gasteiger partial charge in [0.05, 0.1) is 12.3 Å². The molecule has 0 saturated heterocycles. The van der Waals surface area contributed by atoms with Gasteiger partial charge in [-0.1, -0.05) is 12.1 Å². The van der Waals surface area contributed by atoms with Crippen LogP contribution in [0.2, 0.25) is 0 Å². The number of nitrogens with zero attached hydrogens (tertiary/aromatic N) is 3. The average molecular weight is 420 g/mol. The summed E-state index contributed by atoms with van der Waals surface area (Å²) in [6.45, 7) is 3.87. The molecular formula is C22H21FN6O2. The number of ether oxygens (including phenoxy) is 1. The number of aromatic amines is 1. The summed E-state index contributed by atoms with van der Waals surface area (Å²) in [6.07, 6.45) is 3.01. The lowest BCUT2D eigenvalue weighted by Gasteiger charge is -2.10. The molecule has 2 heterocycles. The second-order valence-corrected chi connectivity index (χ2v) is 6.76. The van der Waals surface area contributed by atoms with Gasteiger partial charge in [-0.2, -0.15) is 10.2 Å². The van der Waals surface area contributed by atoms with Gasteiger partial charge in [-0.25, -0.2) is 13.9 Å². The number of benzene rings is 2. The highest BCUT2D eigenvalue weighted by Crippen LogP contribution is 2.29. The Hall–Kier alpha value is -4.14. The molecule has 4 rings (SSSR count). The quantitative estimate of drug-likeness (QED) is 0.407. The van der Waals surface area contributed by atoms with E-state index in [1.807, 2.05) is 31.3 Å². The Labute approximate surface area is 178 Å². The molecule has 9 heteroatoms. The van der Waals surface area contributed by atoms with Crippen molar-refractivity contribution in [2.45, 2.75) is 13.8 Å². The Morgan fingerprint density at radius 1 is 1.23 bits per heavy atom. The molecule has 0 aliphatic heterocycles. The van der Waals surface area contributed by atoms with E-state index >= 15 is 0 Å². The number of hydrogen-bond donors (Lipinski definition) is 3. The maximum absolute atomic E-state index is 15.0. The van der Waals surface area contributed by atoms with Crippen LogP contribution in [0.15, 0.2) is 60.9 Å². The van der Waals surface area contributed by atoms with Gasteiger partial charge in [0.15, 0.2) is 11.6 Å². The lowest BCUT2D eigenvalue weighted by atomic mass is 10.1. The molecule has 0 unspecified atom stereocenters. The van der Waals surface area contributed by atoms with Crippen LogP contribution in [0, 0.1) is 12.7 Å². The van der Waals surface area contributed by atoms with Crippen LogP contribution in [-0.4, -0.2) is 32.7 Å². The lowest BCUT2D eigenvalue weighted by molar-refractivity contribution is 0.168. The normalized spacial score (nSPS) is 10.7. The summed E-state index contributed by atoms with van der Waals surface area (Å²) in [5.41, 5.74) is 3.88. The maximum atomic E-state index is 15.0. The summed E-state index contributed by atoms with van der Waals surface area (Å²) in [4.78, 5) is 11.6. The molecule has 2 aromatic heterocycles. The summed E-state index contributed by atoms with van der Waals surface area (Å²) in [5.74, 6) is -0.402. The molecule has 0 spiro atoms. The topological polar surface area (TPSA) is 96.9 Å². The van der Waals surface area contributed by atoms with E-state index in [4.69, 9.17) is 4.74 Å². The van der Waals surface area contributed by atoms with Gasteiger partial charge in [0.2, 0.25) is 0 Å². The Bertz CT molecular complexity index is 1190. The Morgan fingerprint density at radius 3 is 2.71 bits per heavy atom. The van der Waals surface area contributed by atoms with Gasteiger partial charge in [-0.05, 0) is 55.8 Å². The van der Waals surface area contributed by atoms with Gasteiger partial charge in [-0.15, -0.1) is 0 Å². The number of hydrogen-bond acceptors (Lipinski definition) is 5. The molecule has 0 saturated carbocycles. The number of aryl methyl sites for hydroxylation is 1. The van der Waals surface area contributed by atoms with Crippen LogP contribution < -0.4 is 10.6 Å². The zero-order valence-electron chi connectivity index (χ0n) is 17.0. The van der Waals surface area contributed by atoms with Crippen molar-refractivity contribution in [1.82, 2.24) is 20.0 Å². The number of nitrogens with one attached hydrogen (secondary N) is 3. The number of carbonyl (C=O) groups is 1. The van der Waals surface area contributed by atoms with E-state index in [9.17, 15) is 9.18 Å². The molecular weight excluding hydrogens is 399 g/mol. The highest BCUT2D eigenvalue weighted by Gasteiger charge is 2.16. The SMILES string of the molecule is CCOC(=O)Nc1ccc(Nc2n[nH]c(-c3ccc(-n4cccn4)cc3)c2F)c(C)c1. The molecule has 3 N–H and O–H groups in total. The lowest BCUT2D eigenvalue weighted by Crippen LogP contribution is -2.13. The van der Waals surface area contributed by atoms with Crippen molar-refractivity contribution >= 4 is 23.3 Å². The smallest absolute Gasteiger partial charge is 0.411 e. The minimum absolute atomic E-state index is 0.0837. The van der Waals surface area contributed by atoms with E-state index in [1.165, 1.54) is 0 Å². The molecule has 4 aromatic rings. The highest BCUT2D eigenvalue weighted by molar-refractivity contribution is 5.85. The molecule has 8 nitrogen and oxygen atoms in total. The standard InChI is InChI=1S/C22H21FN6O2/c1-3-31-22(30)25-16-7-10-18(14(2)13-16)26-21-19(23)20(27-28-21)15-5-8-17(9-6-15)29-12-4-11-24-29/h4-13H,3H2,1-2H3,(H,25,30)(H2,26,27,28). The van der Waals surface area contributed by atoms with Gasteiger partial charge < -0.3 is 10.1 Å². The molecule has 0 radical (unpaired) electrons. The molecule has 158 valence electrons. The largest absolute Gasteiger partial charge is 0.450 e. The molecule has 0 aliphatic carbocycles. The summed E-state index contributed by atoms with van der Waals surface area (Å²) >= 11 is 0. The molecule has 0 atom stereocenters. The van der Waals surface area contributed by atoms with Crippen molar-refractivity contribution in [3.8, 4) is 16.9 Å². The number of amides is 1. The third-order valence-corrected chi connectivity index (χ3v) is 4.63. The van der Waals surface area contributed by atoms with Gasteiger partial charge in [0, 0.05) is 29.3 Å². The van der Waals surface area contributed by atoms with Crippen molar-refractivity contribution in [2.75, 3.05) is 17.2 Å². The molecule has 0 fully saturated rings. The van der Waals surface area contributed by atoms with Crippen molar-refractivity contribution < 1.29 is 13.9 Å². The molecule has 1 amide bonds. The van der Waals surface area contributed by atoms with Crippen LogP contribution >= 0.6 is 0 Å². The van der Waals surface area contributed by atoms with E-state index in [2.05, 4.69) is 25.9 Å². The highest BCUT2D eigenvalue weighted by atomic mass is 19.1. The van der Waals surface area contributed by atoms with Gasteiger partial charge in [-0.3, -0.25) is 10.4 Å². The molecule has 31 heavy (non-hydrogen) atoms. The Balaban J connectivity index is 1.50. The molecule has 0 aliphatic rings. The predicted molar refractivity (Wildman–Crippen MR) is 116 cm³/mol. The number of carbonyl (C=O) groups excluding carboxylic acids is 1. The van der Waals surface area contributed by atoms with Crippen LogP contribution in [0.5, 0.6) is 0 Å². The van der Waals surface area contributed by atoms with E-state index in [-0.39, 0.29) is 18.1 Å². The molecule has 0 bridgehead atoms. The van der Waals surface area contributed by atoms with E-state index < -0.39 is 11.9 Å². The van der Waals surface area contributed by atoms with E-state index in [0.717, 1.165) is 11.3 Å². The summed E-state index contributed by atoms with van der Waals surface area (Å²) < 4.78 is 21.6. The zero-order valence-corrected chi connectivity index (χ0v) is 17.0. The van der Waals surface area contributed by atoms with Gasteiger partial charge >= 0.3 is 6.09 Å². The van der Waals surface area contributed by atoms with Crippen molar-refractivity contribution in [2.24, 2.45) is 0 Å². The molecule has 2 aromatic carbocycles. The third kappa shape index (κ3) is 4.40. The summed E-state index contributed by atoms with van der Waals surface area (Å²) in [7, 11) is 0. The van der Waals surface area contributed by atoms with Crippen LogP contribution in [-0.2, 0) is 4.74 Å². The Morgan fingerprint density at radius 2 is 2.03 bits per heavy atom. The van der Waals surface area contributed by atoms with Crippen LogP contribution in [0.25, 0.3) is 16.9 Å². The van der Waals surface area contributed by atoms with Gasteiger partial charge in [0.25, 0.3) is 0 Å². The van der Waals surface area contributed by atoms with Crippen molar-refractivity contribution in [3.63, 3.8) is 0 Å². The fraction of sp³-hybridized carbons (Fsp3) is 0.136. The first-order valence-corrected chi connectivity index (χ1v) is 9.71. The van der Waals surface area contributed by atoms with Crippen LogP contribution in [0.3, 0.4) is 0 Å². The zero-order chi connectivity index (χ0) is 21.8. The van der Waals surface area contributed by atoms with Crippen LogP contribution in [0.1, 0.15) is 12.5 Å². The number of rotatable bonds is 6. The van der Waals surface area contributed by atoms with E-state index in [0.29, 0.717) is 16.9 Å². The van der Waals surface area contributed by atoms with E-state index in [1.54, 1.807) is 48.1 Å². The minimum Gasteiger partial charge on any atom is -0.450 e. The Kier molecular flexibility index (Phi) is 5.65. The first-order valence-electron chi connectivity index (χ1n) is 9.71. The average Bonchev–Trinajstić information content (AvgIpc) is 3.41. The number of anilines is 3. The van der Waals surface area contributed by atoms with Crippen LogP contribution in [0.4, 0.5) is 26.4 Å². The second-order valence-electron chi connectivity index (χ2n) is 6.76. The van der Waals surface area contributed by atoms with Crippen molar-refractivity contribution in [1.29, 1.82) is 0 Å².